The number of nitrogens with zero attached hydrogens (tertiary/aromatic N) is 4. The number of anilines is 2. The lowest BCUT2D eigenvalue weighted by Gasteiger charge is -2.28. The van der Waals surface area contributed by atoms with Crippen LogP contribution in [0.3, 0.4) is 0 Å². The fourth-order valence-electron chi connectivity index (χ4n) is 3.01. The molecule has 2 aromatic heterocycles. The number of rotatable bonds is 5. The maximum absolute atomic E-state index is 5.41. The van der Waals surface area contributed by atoms with E-state index in [1.165, 1.54) is 0 Å². The molecule has 4 rings (SSSR count). The van der Waals surface area contributed by atoms with Crippen LogP contribution in [0.2, 0.25) is 0 Å². The van der Waals surface area contributed by atoms with E-state index in [9.17, 15) is 0 Å². The van der Waals surface area contributed by atoms with Gasteiger partial charge in [-0.15, -0.1) is 0 Å². The minimum absolute atomic E-state index is 0.618. The second-order valence-corrected chi connectivity index (χ2v) is 6.89. The fraction of sp³-hybridized carbons (Fsp3) is 0.263. The molecule has 0 aliphatic carbocycles. The van der Waals surface area contributed by atoms with Crippen molar-refractivity contribution in [1.82, 2.24) is 14.5 Å². The standard InChI is InChI=1S/C19H20BrN5O/c20-17-12-15(13-23-19(17)24-8-10-26-11-9-24)22-14-18-21-6-7-25(18)16-4-2-1-3-5-16/h1-7,12-13,22H,8-11,14H2. The quantitative estimate of drug-likeness (QED) is 0.693. The molecule has 0 bridgehead atoms. The molecule has 3 heterocycles. The number of benzene rings is 1. The minimum atomic E-state index is 0.618. The number of aromatic nitrogens is 3. The Labute approximate surface area is 161 Å². The number of nitrogens with one attached hydrogen (secondary N) is 1. The van der Waals surface area contributed by atoms with Crippen molar-refractivity contribution in [2.24, 2.45) is 0 Å². The van der Waals surface area contributed by atoms with Crippen LogP contribution < -0.4 is 10.2 Å². The van der Waals surface area contributed by atoms with Crippen LogP contribution in [0.25, 0.3) is 5.69 Å². The molecular formula is C19H20BrN5O. The Morgan fingerprint density at radius 1 is 1.12 bits per heavy atom. The average molecular weight is 414 g/mol. The first-order valence-electron chi connectivity index (χ1n) is 8.61. The zero-order valence-electron chi connectivity index (χ0n) is 14.3. The van der Waals surface area contributed by atoms with Gasteiger partial charge in [0.1, 0.15) is 11.6 Å². The van der Waals surface area contributed by atoms with Gasteiger partial charge >= 0.3 is 0 Å². The fourth-order valence-corrected chi connectivity index (χ4v) is 3.60. The Balaban J connectivity index is 1.46. The summed E-state index contributed by atoms with van der Waals surface area (Å²) in [6, 6.07) is 12.3. The van der Waals surface area contributed by atoms with Crippen molar-refractivity contribution < 1.29 is 4.74 Å². The van der Waals surface area contributed by atoms with E-state index < -0.39 is 0 Å². The summed E-state index contributed by atoms with van der Waals surface area (Å²) in [5.74, 6) is 1.91. The summed E-state index contributed by atoms with van der Waals surface area (Å²) >= 11 is 3.65. The first kappa shape index (κ1) is 17.1. The molecule has 1 fully saturated rings. The Bertz CT molecular complexity index is 861. The first-order chi connectivity index (χ1) is 12.8. The number of morpholine rings is 1. The van der Waals surface area contributed by atoms with Crippen LogP contribution in [-0.4, -0.2) is 40.8 Å². The highest BCUT2D eigenvalue weighted by Crippen LogP contribution is 2.27. The third kappa shape index (κ3) is 3.73. The van der Waals surface area contributed by atoms with E-state index in [1.54, 1.807) is 0 Å². The van der Waals surface area contributed by atoms with E-state index in [1.807, 2.05) is 36.8 Å². The molecule has 3 aromatic rings. The van der Waals surface area contributed by atoms with Gasteiger partial charge in [-0.2, -0.15) is 0 Å². The SMILES string of the molecule is Brc1cc(NCc2nccn2-c2ccccc2)cnc1N1CCOCC1. The molecule has 0 saturated carbocycles. The number of hydrogen-bond acceptors (Lipinski definition) is 5. The van der Waals surface area contributed by atoms with Gasteiger partial charge in [-0.05, 0) is 34.1 Å². The van der Waals surface area contributed by atoms with Crippen LogP contribution in [0.4, 0.5) is 11.5 Å². The molecule has 0 unspecified atom stereocenters. The molecule has 1 aromatic carbocycles. The molecule has 1 aliphatic heterocycles. The zero-order chi connectivity index (χ0) is 17.8. The monoisotopic (exact) mass is 413 g/mol. The van der Waals surface area contributed by atoms with Crippen molar-refractivity contribution in [2.75, 3.05) is 36.5 Å². The molecule has 6 nitrogen and oxygen atoms in total. The molecule has 1 saturated heterocycles. The van der Waals surface area contributed by atoms with Gasteiger partial charge in [0.2, 0.25) is 0 Å². The Morgan fingerprint density at radius 2 is 1.92 bits per heavy atom. The van der Waals surface area contributed by atoms with Crippen LogP contribution in [0.15, 0.2) is 59.5 Å². The van der Waals surface area contributed by atoms with Gasteiger partial charge in [0.25, 0.3) is 0 Å². The van der Waals surface area contributed by atoms with E-state index in [0.717, 1.165) is 53.8 Å². The lowest BCUT2D eigenvalue weighted by atomic mass is 10.3. The van der Waals surface area contributed by atoms with Crippen molar-refractivity contribution in [3.05, 3.63) is 65.3 Å². The van der Waals surface area contributed by atoms with E-state index in [2.05, 4.69) is 58.9 Å². The summed E-state index contributed by atoms with van der Waals surface area (Å²) < 4.78 is 8.47. The Kier molecular flexibility index (Phi) is 5.17. The van der Waals surface area contributed by atoms with E-state index in [4.69, 9.17) is 4.74 Å². The maximum Gasteiger partial charge on any atom is 0.143 e. The lowest BCUT2D eigenvalue weighted by Crippen LogP contribution is -2.37. The Hall–Kier alpha value is -2.38. The van der Waals surface area contributed by atoms with E-state index >= 15 is 0 Å². The highest BCUT2D eigenvalue weighted by Gasteiger charge is 2.15. The largest absolute Gasteiger partial charge is 0.378 e. The summed E-state index contributed by atoms with van der Waals surface area (Å²) in [6.45, 7) is 3.85. The molecular weight excluding hydrogens is 394 g/mol. The van der Waals surface area contributed by atoms with Gasteiger partial charge in [-0.3, -0.25) is 0 Å². The summed E-state index contributed by atoms with van der Waals surface area (Å²) in [4.78, 5) is 11.3. The van der Waals surface area contributed by atoms with Crippen molar-refractivity contribution in [2.45, 2.75) is 6.54 Å². The summed E-state index contributed by atoms with van der Waals surface area (Å²) in [7, 11) is 0. The summed E-state index contributed by atoms with van der Waals surface area (Å²) in [5, 5.41) is 3.41. The average Bonchev–Trinajstić information content (AvgIpc) is 3.16. The topological polar surface area (TPSA) is 55.2 Å². The minimum Gasteiger partial charge on any atom is -0.378 e. The second kappa shape index (κ2) is 7.88. The van der Waals surface area contributed by atoms with E-state index in [-0.39, 0.29) is 0 Å². The lowest BCUT2D eigenvalue weighted by molar-refractivity contribution is 0.122. The van der Waals surface area contributed by atoms with Gasteiger partial charge in [-0.25, -0.2) is 9.97 Å². The molecule has 0 radical (unpaired) electrons. The highest BCUT2D eigenvalue weighted by molar-refractivity contribution is 9.10. The predicted octanol–water partition coefficient (Wildman–Crippen LogP) is 3.48. The van der Waals surface area contributed by atoms with Crippen molar-refractivity contribution in [3.8, 4) is 5.69 Å². The predicted molar refractivity (Wildman–Crippen MR) is 106 cm³/mol. The first-order valence-corrected chi connectivity index (χ1v) is 9.40. The van der Waals surface area contributed by atoms with Crippen LogP contribution in [0.1, 0.15) is 5.82 Å². The summed E-state index contributed by atoms with van der Waals surface area (Å²) in [6.07, 6.45) is 5.66. The molecule has 0 spiro atoms. The number of ether oxygens (including phenoxy) is 1. The van der Waals surface area contributed by atoms with Gasteiger partial charge in [0.15, 0.2) is 0 Å². The molecule has 0 amide bonds. The number of pyridine rings is 1. The maximum atomic E-state index is 5.41. The number of halogens is 1. The van der Waals surface area contributed by atoms with E-state index in [0.29, 0.717) is 6.54 Å². The van der Waals surface area contributed by atoms with Gasteiger partial charge in [0.05, 0.1) is 36.1 Å². The Morgan fingerprint density at radius 3 is 2.69 bits per heavy atom. The van der Waals surface area contributed by atoms with Crippen LogP contribution in [0, 0.1) is 0 Å². The molecule has 134 valence electrons. The normalized spacial score (nSPS) is 14.4. The number of hydrogen-bond donors (Lipinski definition) is 1. The number of para-hydroxylation sites is 1. The summed E-state index contributed by atoms with van der Waals surface area (Å²) in [5.41, 5.74) is 2.06. The molecule has 26 heavy (non-hydrogen) atoms. The molecule has 1 N–H and O–H groups in total. The van der Waals surface area contributed by atoms with Crippen LogP contribution in [-0.2, 0) is 11.3 Å². The van der Waals surface area contributed by atoms with Gasteiger partial charge < -0.3 is 19.5 Å². The van der Waals surface area contributed by atoms with Crippen molar-refractivity contribution in [1.29, 1.82) is 0 Å². The highest BCUT2D eigenvalue weighted by atomic mass is 79.9. The molecule has 1 aliphatic rings. The third-order valence-electron chi connectivity index (χ3n) is 4.33. The zero-order valence-corrected chi connectivity index (χ0v) is 15.9. The van der Waals surface area contributed by atoms with Crippen molar-refractivity contribution >= 4 is 27.4 Å². The number of imidazole rings is 1. The van der Waals surface area contributed by atoms with Crippen LogP contribution in [0.5, 0.6) is 0 Å². The van der Waals surface area contributed by atoms with Gasteiger partial charge in [-0.1, -0.05) is 18.2 Å². The van der Waals surface area contributed by atoms with Gasteiger partial charge in [0, 0.05) is 31.2 Å². The second-order valence-electron chi connectivity index (χ2n) is 6.03. The smallest absolute Gasteiger partial charge is 0.143 e. The van der Waals surface area contributed by atoms with Crippen molar-refractivity contribution in [3.63, 3.8) is 0 Å². The molecule has 0 atom stereocenters. The molecule has 7 heteroatoms. The third-order valence-corrected chi connectivity index (χ3v) is 4.92. The van der Waals surface area contributed by atoms with Crippen LogP contribution >= 0.6 is 15.9 Å².